The van der Waals surface area contributed by atoms with Crippen LogP contribution in [0.15, 0.2) is 39.8 Å². The molecule has 0 aliphatic carbocycles. The molecule has 0 bridgehead atoms. The lowest BCUT2D eigenvalue weighted by molar-refractivity contribution is 1.39. The fourth-order valence-electron chi connectivity index (χ4n) is 1.85. The lowest BCUT2D eigenvalue weighted by Gasteiger charge is -1.95. The number of hydrogen-bond acceptors (Lipinski definition) is 2. The number of thioether (sulfide) groups is 1. The van der Waals surface area contributed by atoms with Crippen LogP contribution >= 0.6 is 27.7 Å². The molecule has 16 heavy (non-hydrogen) atoms. The minimum atomic E-state index is 0.997. The molecule has 0 spiro atoms. The summed E-state index contributed by atoms with van der Waals surface area (Å²) in [6.07, 6.45) is 3.91. The first-order valence-corrected chi connectivity index (χ1v) is 6.90. The summed E-state index contributed by atoms with van der Waals surface area (Å²) in [4.78, 5) is 9.09. The van der Waals surface area contributed by atoms with Crippen LogP contribution < -0.4 is 0 Å². The first kappa shape index (κ1) is 10.2. The van der Waals surface area contributed by atoms with Gasteiger partial charge in [-0.1, -0.05) is 0 Å². The van der Waals surface area contributed by atoms with Crippen molar-refractivity contribution >= 4 is 49.6 Å². The molecule has 0 saturated heterocycles. The SMILES string of the molecule is CSc1ccc2c(c1)[nH]c1cc(Br)cnc12. The third-order valence-electron chi connectivity index (χ3n) is 2.61. The van der Waals surface area contributed by atoms with Gasteiger partial charge in [0, 0.05) is 26.5 Å². The van der Waals surface area contributed by atoms with Crippen LogP contribution in [-0.4, -0.2) is 16.2 Å². The smallest absolute Gasteiger partial charge is 0.0958 e. The maximum atomic E-state index is 4.44. The first-order chi connectivity index (χ1) is 7.78. The second-order valence-corrected chi connectivity index (χ2v) is 5.38. The molecule has 0 saturated carbocycles. The highest BCUT2D eigenvalue weighted by atomic mass is 79.9. The molecular weight excluding hydrogens is 284 g/mol. The van der Waals surface area contributed by atoms with Crippen LogP contribution in [0.2, 0.25) is 0 Å². The number of fused-ring (bicyclic) bond motifs is 3. The van der Waals surface area contributed by atoms with Gasteiger partial charge in [0.05, 0.1) is 11.0 Å². The van der Waals surface area contributed by atoms with Crippen molar-refractivity contribution in [2.75, 3.05) is 6.26 Å². The summed E-state index contributed by atoms with van der Waals surface area (Å²) in [6.45, 7) is 0. The van der Waals surface area contributed by atoms with E-state index in [-0.39, 0.29) is 0 Å². The highest BCUT2D eigenvalue weighted by molar-refractivity contribution is 9.10. The van der Waals surface area contributed by atoms with Gasteiger partial charge in [-0.25, -0.2) is 0 Å². The van der Waals surface area contributed by atoms with Crippen molar-refractivity contribution in [2.24, 2.45) is 0 Å². The van der Waals surface area contributed by atoms with Gasteiger partial charge >= 0.3 is 0 Å². The quantitative estimate of drug-likeness (QED) is 0.681. The number of hydrogen-bond donors (Lipinski definition) is 1. The van der Waals surface area contributed by atoms with Crippen molar-refractivity contribution in [1.29, 1.82) is 0 Å². The Morgan fingerprint density at radius 3 is 2.94 bits per heavy atom. The van der Waals surface area contributed by atoms with E-state index >= 15 is 0 Å². The lowest BCUT2D eigenvalue weighted by Crippen LogP contribution is -1.74. The Labute approximate surface area is 106 Å². The molecule has 2 heterocycles. The molecule has 0 aliphatic heterocycles. The van der Waals surface area contributed by atoms with Gasteiger partial charge in [-0.3, -0.25) is 4.98 Å². The topological polar surface area (TPSA) is 28.7 Å². The number of rotatable bonds is 1. The third kappa shape index (κ3) is 1.53. The molecule has 80 valence electrons. The van der Waals surface area contributed by atoms with E-state index in [2.05, 4.69) is 56.4 Å². The van der Waals surface area contributed by atoms with E-state index < -0.39 is 0 Å². The monoisotopic (exact) mass is 292 g/mol. The Balaban J connectivity index is 2.40. The zero-order chi connectivity index (χ0) is 11.1. The standard InChI is InChI=1S/C12H9BrN2S/c1-16-8-2-3-9-10(5-8)15-11-4-7(13)6-14-12(9)11/h2-6,15H,1H3. The van der Waals surface area contributed by atoms with Crippen LogP contribution in [0, 0.1) is 0 Å². The fourth-order valence-corrected chi connectivity index (χ4v) is 2.63. The van der Waals surface area contributed by atoms with Crippen LogP contribution in [0.4, 0.5) is 0 Å². The Bertz CT molecular complexity index is 675. The van der Waals surface area contributed by atoms with Crippen molar-refractivity contribution < 1.29 is 0 Å². The molecule has 2 nitrogen and oxygen atoms in total. The van der Waals surface area contributed by atoms with Gasteiger partial charge < -0.3 is 4.98 Å². The Hall–Kier alpha value is -1.00. The van der Waals surface area contributed by atoms with E-state index in [4.69, 9.17) is 0 Å². The second-order valence-electron chi connectivity index (χ2n) is 3.59. The molecule has 0 radical (unpaired) electrons. The number of halogens is 1. The second kappa shape index (κ2) is 3.79. The van der Waals surface area contributed by atoms with Gasteiger partial charge in [-0.15, -0.1) is 11.8 Å². The number of benzene rings is 1. The highest BCUT2D eigenvalue weighted by Gasteiger charge is 2.06. The summed E-state index contributed by atoms with van der Waals surface area (Å²) in [5, 5.41) is 1.18. The fraction of sp³-hybridized carbons (Fsp3) is 0.0833. The molecule has 3 aromatic rings. The summed E-state index contributed by atoms with van der Waals surface area (Å²) >= 11 is 5.18. The summed E-state index contributed by atoms with van der Waals surface area (Å²) in [5.74, 6) is 0. The molecule has 4 heteroatoms. The van der Waals surface area contributed by atoms with Crippen molar-refractivity contribution in [1.82, 2.24) is 9.97 Å². The van der Waals surface area contributed by atoms with E-state index in [0.717, 1.165) is 21.0 Å². The predicted octanol–water partition coefficient (Wildman–Crippen LogP) is 4.20. The predicted molar refractivity (Wildman–Crippen MR) is 73.1 cm³/mol. The maximum absolute atomic E-state index is 4.44. The average Bonchev–Trinajstić information content (AvgIpc) is 2.64. The first-order valence-electron chi connectivity index (χ1n) is 4.89. The maximum Gasteiger partial charge on any atom is 0.0958 e. The van der Waals surface area contributed by atoms with Gasteiger partial charge in [0.1, 0.15) is 0 Å². The van der Waals surface area contributed by atoms with E-state index in [1.54, 1.807) is 11.8 Å². The van der Waals surface area contributed by atoms with Crippen molar-refractivity contribution in [2.45, 2.75) is 4.90 Å². The highest BCUT2D eigenvalue weighted by Crippen LogP contribution is 2.28. The molecule has 0 atom stereocenters. The molecule has 1 N–H and O–H groups in total. The molecule has 2 aromatic heterocycles. The van der Waals surface area contributed by atoms with Crippen LogP contribution in [0.3, 0.4) is 0 Å². The zero-order valence-corrected chi connectivity index (χ0v) is 11.0. The number of aromatic amines is 1. The van der Waals surface area contributed by atoms with Gasteiger partial charge in [0.15, 0.2) is 0 Å². The van der Waals surface area contributed by atoms with Gasteiger partial charge in [-0.2, -0.15) is 0 Å². The number of H-pyrrole nitrogens is 1. The van der Waals surface area contributed by atoms with Gasteiger partial charge in [0.2, 0.25) is 0 Å². The number of aromatic nitrogens is 2. The van der Waals surface area contributed by atoms with Gasteiger partial charge in [-0.05, 0) is 46.5 Å². The van der Waals surface area contributed by atoms with Crippen molar-refractivity contribution in [3.63, 3.8) is 0 Å². The zero-order valence-electron chi connectivity index (χ0n) is 8.62. The minimum Gasteiger partial charge on any atom is -0.353 e. The lowest BCUT2D eigenvalue weighted by atomic mass is 10.2. The Morgan fingerprint density at radius 1 is 1.25 bits per heavy atom. The Morgan fingerprint density at radius 2 is 2.12 bits per heavy atom. The molecule has 1 aromatic carbocycles. The van der Waals surface area contributed by atoms with E-state index in [1.165, 1.54) is 10.3 Å². The van der Waals surface area contributed by atoms with Crippen LogP contribution in [0.25, 0.3) is 21.9 Å². The molecule has 0 aliphatic rings. The average molecular weight is 293 g/mol. The molecular formula is C12H9BrN2S. The van der Waals surface area contributed by atoms with Crippen molar-refractivity contribution in [3.8, 4) is 0 Å². The van der Waals surface area contributed by atoms with Crippen molar-refractivity contribution in [3.05, 3.63) is 34.9 Å². The number of nitrogens with zero attached hydrogens (tertiary/aromatic N) is 1. The molecule has 0 amide bonds. The molecule has 3 rings (SSSR count). The Kier molecular flexibility index (Phi) is 2.41. The van der Waals surface area contributed by atoms with E-state index in [1.807, 2.05) is 6.20 Å². The van der Waals surface area contributed by atoms with Crippen LogP contribution in [0.5, 0.6) is 0 Å². The van der Waals surface area contributed by atoms with E-state index in [0.29, 0.717) is 0 Å². The summed E-state index contributed by atoms with van der Waals surface area (Å²) < 4.78 is 0.997. The number of pyridine rings is 1. The van der Waals surface area contributed by atoms with Crippen LogP contribution in [0.1, 0.15) is 0 Å². The summed E-state index contributed by atoms with van der Waals surface area (Å²) in [7, 11) is 0. The van der Waals surface area contributed by atoms with E-state index in [9.17, 15) is 0 Å². The molecule has 0 fully saturated rings. The normalized spacial score (nSPS) is 11.4. The number of nitrogens with one attached hydrogen (secondary N) is 1. The van der Waals surface area contributed by atoms with Crippen LogP contribution in [-0.2, 0) is 0 Å². The summed E-state index contributed by atoms with van der Waals surface area (Å²) in [6, 6.07) is 8.47. The largest absolute Gasteiger partial charge is 0.353 e. The molecule has 0 unspecified atom stereocenters. The minimum absolute atomic E-state index is 0.997. The van der Waals surface area contributed by atoms with Gasteiger partial charge in [0.25, 0.3) is 0 Å². The summed E-state index contributed by atoms with van der Waals surface area (Å²) in [5.41, 5.74) is 3.25. The third-order valence-corrected chi connectivity index (χ3v) is 3.76.